The van der Waals surface area contributed by atoms with Gasteiger partial charge in [0.1, 0.15) is 0 Å². The molecule has 117 valence electrons. The number of carbonyl (C=O) groups is 1. The molecule has 0 spiro atoms. The van der Waals surface area contributed by atoms with Crippen LogP contribution in [-0.4, -0.2) is 22.6 Å². The minimum Gasteiger partial charge on any atom is -0.350 e. The molecule has 2 heterocycles. The molecular formula is C17H16ClN4O. The van der Waals surface area contributed by atoms with Crippen molar-refractivity contribution in [2.45, 2.75) is 19.3 Å². The lowest BCUT2D eigenvalue weighted by Crippen LogP contribution is -2.45. The third-order valence-corrected chi connectivity index (χ3v) is 4.63. The second-order valence-corrected chi connectivity index (χ2v) is 6.22. The zero-order chi connectivity index (χ0) is 16.0. The SMILES string of the molecule is NC(=O)N1C2=C(C[CH]CC2)CN1c1ccnc2cc(Cl)ccc12. The minimum absolute atomic E-state index is 0.448. The third-order valence-electron chi connectivity index (χ3n) is 4.39. The van der Waals surface area contributed by atoms with E-state index < -0.39 is 6.03 Å². The Morgan fingerprint density at radius 3 is 3.00 bits per heavy atom. The molecule has 0 saturated heterocycles. The first-order valence-electron chi connectivity index (χ1n) is 7.59. The van der Waals surface area contributed by atoms with Gasteiger partial charge in [0, 0.05) is 22.3 Å². The summed E-state index contributed by atoms with van der Waals surface area (Å²) in [6.07, 6.45) is 6.72. The molecular weight excluding hydrogens is 312 g/mol. The number of rotatable bonds is 1. The van der Waals surface area contributed by atoms with Crippen LogP contribution in [0, 0.1) is 6.42 Å². The highest BCUT2D eigenvalue weighted by atomic mass is 35.5. The van der Waals surface area contributed by atoms with Crippen molar-refractivity contribution >= 4 is 34.2 Å². The molecule has 2 aliphatic rings. The van der Waals surface area contributed by atoms with Gasteiger partial charge in [0.2, 0.25) is 0 Å². The Labute approximate surface area is 139 Å². The molecule has 1 aromatic heterocycles. The summed E-state index contributed by atoms with van der Waals surface area (Å²) in [6, 6.07) is 7.06. The van der Waals surface area contributed by atoms with Crippen LogP contribution in [0.5, 0.6) is 0 Å². The van der Waals surface area contributed by atoms with E-state index in [-0.39, 0.29) is 0 Å². The van der Waals surface area contributed by atoms with Crippen LogP contribution in [0.15, 0.2) is 41.7 Å². The first kappa shape index (κ1) is 14.3. The molecule has 23 heavy (non-hydrogen) atoms. The van der Waals surface area contributed by atoms with Crippen molar-refractivity contribution in [2.24, 2.45) is 5.73 Å². The molecule has 0 unspecified atom stereocenters. The number of hydrazine groups is 1. The molecule has 2 aromatic rings. The monoisotopic (exact) mass is 327 g/mol. The van der Waals surface area contributed by atoms with Crippen molar-refractivity contribution in [3.05, 3.63) is 53.2 Å². The lowest BCUT2D eigenvalue weighted by Gasteiger charge is -2.31. The fourth-order valence-corrected chi connectivity index (χ4v) is 3.56. The van der Waals surface area contributed by atoms with Gasteiger partial charge in [-0.25, -0.2) is 9.80 Å². The molecule has 1 radical (unpaired) electrons. The minimum atomic E-state index is -0.448. The molecule has 5 nitrogen and oxygen atoms in total. The Hall–Kier alpha value is -2.27. The molecule has 2 amide bonds. The van der Waals surface area contributed by atoms with Gasteiger partial charge in [-0.05, 0) is 55.5 Å². The number of anilines is 1. The summed E-state index contributed by atoms with van der Waals surface area (Å²) >= 11 is 6.06. The zero-order valence-corrected chi connectivity index (χ0v) is 13.3. The van der Waals surface area contributed by atoms with Gasteiger partial charge in [-0.15, -0.1) is 0 Å². The summed E-state index contributed by atoms with van der Waals surface area (Å²) in [5.74, 6) is 0. The maximum atomic E-state index is 12.1. The van der Waals surface area contributed by atoms with Gasteiger partial charge >= 0.3 is 6.03 Å². The van der Waals surface area contributed by atoms with Crippen LogP contribution in [-0.2, 0) is 0 Å². The normalized spacial score (nSPS) is 17.8. The molecule has 0 atom stereocenters. The number of benzene rings is 1. The first-order valence-corrected chi connectivity index (χ1v) is 7.97. The molecule has 2 N–H and O–H groups in total. The molecule has 1 aliphatic heterocycles. The number of nitrogens with zero attached hydrogens (tertiary/aromatic N) is 3. The van der Waals surface area contributed by atoms with E-state index in [1.165, 1.54) is 5.57 Å². The number of aromatic nitrogens is 1. The van der Waals surface area contributed by atoms with E-state index in [0.717, 1.165) is 41.5 Å². The van der Waals surface area contributed by atoms with Crippen molar-refractivity contribution in [3.8, 4) is 0 Å². The van der Waals surface area contributed by atoms with Crippen molar-refractivity contribution in [2.75, 3.05) is 11.6 Å². The predicted molar refractivity (Wildman–Crippen MR) is 90.7 cm³/mol. The summed E-state index contributed by atoms with van der Waals surface area (Å²) in [5.41, 5.74) is 9.68. The fraction of sp³-hybridized carbons (Fsp3) is 0.235. The van der Waals surface area contributed by atoms with Crippen LogP contribution < -0.4 is 10.7 Å². The summed E-state index contributed by atoms with van der Waals surface area (Å²) in [6.45, 7) is 0.677. The van der Waals surface area contributed by atoms with E-state index >= 15 is 0 Å². The van der Waals surface area contributed by atoms with Gasteiger partial charge in [-0.3, -0.25) is 9.99 Å². The van der Waals surface area contributed by atoms with Gasteiger partial charge in [0.25, 0.3) is 0 Å². The lowest BCUT2D eigenvalue weighted by molar-refractivity contribution is 0.219. The van der Waals surface area contributed by atoms with Gasteiger partial charge in [-0.1, -0.05) is 11.6 Å². The van der Waals surface area contributed by atoms with Crippen molar-refractivity contribution < 1.29 is 4.79 Å². The van der Waals surface area contributed by atoms with E-state index in [4.69, 9.17) is 17.3 Å². The summed E-state index contributed by atoms with van der Waals surface area (Å²) < 4.78 is 0. The number of nitrogens with two attached hydrogens (primary N) is 1. The topological polar surface area (TPSA) is 62.5 Å². The van der Waals surface area contributed by atoms with Crippen LogP contribution in [0.1, 0.15) is 19.3 Å². The summed E-state index contributed by atoms with van der Waals surface area (Å²) in [5, 5.41) is 5.16. The highest BCUT2D eigenvalue weighted by molar-refractivity contribution is 6.31. The Morgan fingerprint density at radius 1 is 1.30 bits per heavy atom. The highest BCUT2D eigenvalue weighted by Crippen LogP contribution is 2.38. The van der Waals surface area contributed by atoms with E-state index in [1.54, 1.807) is 11.2 Å². The lowest BCUT2D eigenvalue weighted by atomic mass is 9.97. The molecule has 0 saturated carbocycles. The van der Waals surface area contributed by atoms with Crippen molar-refractivity contribution in [1.29, 1.82) is 0 Å². The van der Waals surface area contributed by atoms with Crippen LogP contribution in [0.4, 0.5) is 10.5 Å². The molecule has 1 aliphatic carbocycles. The average molecular weight is 328 g/mol. The largest absolute Gasteiger partial charge is 0.350 e. The maximum absolute atomic E-state index is 12.1. The van der Waals surface area contributed by atoms with E-state index in [2.05, 4.69) is 11.4 Å². The number of primary amides is 1. The first-order chi connectivity index (χ1) is 11.1. The maximum Gasteiger partial charge on any atom is 0.338 e. The Bertz CT molecular complexity index is 832. The number of pyridine rings is 1. The molecule has 0 bridgehead atoms. The molecule has 0 fully saturated rings. The third kappa shape index (κ3) is 2.32. The standard InChI is InChI=1S/C17H16ClN4O/c18-12-5-6-13-14(9-12)20-8-7-16(13)21-10-11-3-1-2-4-15(11)22(21)17(19)23/h1,5-9H,2-4,10H2,(H2,19,23). The Kier molecular flexibility index (Phi) is 3.38. The van der Waals surface area contributed by atoms with Gasteiger partial charge in [0.05, 0.1) is 17.7 Å². The summed E-state index contributed by atoms with van der Waals surface area (Å²) in [7, 11) is 0. The number of fused-ring (bicyclic) bond motifs is 1. The van der Waals surface area contributed by atoms with Crippen LogP contribution >= 0.6 is 11.6 Å². The van der Waals surface area contributed by atoms with E-state index in [9.17, 15) is 4.79 Å². The second-order valence-electron chi connectivity index (χ2n) is 5.78. The summed E-state index contributed by atoms with van der Waals surface area (Å²) in [4.78, 5) is 16.4. The van der Waals surface area contributed by atoms with E-state index in [0.29, 0.717) is 11.6 Å². The van der Waals surface area contributed by atoms with Crippen LogP contribution in [0.25, 0.3) is 10.9 Å². The van der Waals surface area contributed by atoms with Gasteiger partial charge in [-0.2, -0.15) is 0 Å². The number of hydrogen-bond acceptors (Lipinski definition) is 3. The molecule has 4 rings (SSSR count). The molecule has 6 heteroatoms. The van der Waals surface area contributed by atoms with Crippen LogP contribution in [0.3, 0.4) is 0 Å². The second kappa shape index (κ2) is 5.42. The quantitative estimate of drug-likeness (QED) is 0.869. The molecule has 1 aromatic carbocycles. The highest BCUT2D eigenvalue weighted by Gasteiger charge is 2.35. The number of halogens is 1. The number of hydrogen-bond donors (Lipinski definition) is 1. The van der Waals surface area contributed by atoms with Crippen molar-refractivity contribution in [3.63, 3.8) is 0 Å². The zero-order valence-electron chi connectivity index (χ0n) is 12.5. The smallest absolute Gasteiger partial charge is 0.338 e. The number of carbonyl (C=O) groups excluding carboxylic acids is 1. The predicted octanol–water partition coefficient (Wildman–Crippen LogP) is 3.65. The number of urea groups is 1. The van der Waals surface area contributed by atoms with Crippen LogP contribution in [0.2, 0.25) is 5.02 Å². The average Bonchev–Trinajstić information content (AvgIpc) is 2.93. The van der Waals surface area contributed by atoms with Crippen molar-refractivity contribution in [1.82, 2.24) is 9.99 Å². The van der Waals surface area contributed by atoms with E-state index in [1.807, 2.05) is 29.3 Å². The fourth-order valence-electron chi connectivity index (χ4n) is 3.39. The van der Waals surface area contributed by atoms with Gasteiger partial charge < -0.3 is 5.73 Å². The Balaban J connectivity index is 1.83. The van der Waals surface area contributed by atoms with Gasteiger partial charge in [0.15, 0.2) is 0 Å². The number of amides is 2. The number of allylic oxidation sites excluding steroid dienone is 1. The Morgan fingerprint density at radius 2 is 2.17 bits per heavy atom.